The lowest BCUT2D eigenvalue weighted by Crippen LogP contribution is -2.29. The monoisotopic (exact) mass is 511 g/mol. The lowest BCUT2D eigenvalue weighted by Gasteiger charge is -2.26. The molecular weight excluding hydrogens is 474 g/mol. The van der Waals surface area contributed by atoms with E-state index >= 15 is 0 Å². The lowest BCUT2D eigenvalue weighted by molar-refractivity contribution is -0.132. The second kappa shape index (κ2) is 10.5. The number of ketones is 1. The number of hydrogen-bond acceptors (Lipinski definition) is 4. The van der Waals surface area contributed by atoms with E-state index in [1.807, 2.05) is 56.3 Å². The summed E-state index contributed by atoms with van der Waals surface area (Å²) in [5.41, 5.74) is 4.69. The molecule has 0 saturated carbocycles. The molecule has 0 aliphatic carbocycles. The SMILES string of the molecule is Cc1cccc(C2/C(=C(\O)c3cc(C(C)(C)C)ccc3C)C(=O)C(=O)N2c2ccc(OCC(C)C)cc2)c1. The summed E-state index contributed by atoms with van der Waals surface area (Å²) in [6.07, 6.45) is 0. The molecule has 4 rings (SSSR count). The fourth-order valence-corrected chi connectivity index (χ4v) is 4.71. The van der Waals surface area contributed by atoms with Crippen LogP contribution in [-0.4, -0.2) is 23.4 Å². The Kier molecular flexibility index (Phi) is 7.50. The van der Waals surface area contributed by atoms with Gasteiger partial charge in [0, 0.05) is 11.3 Å². The van der Waals surface area contributed by atoms with Crippen molar-refractivity contribution in [3.63, 3.8) is 0 Å². The van der Waals surface area contributed by atoms with Crippen LogP contribution < -0.4 is 9.64 Å². The zero-order valence-electron chi connectivity index (χ0n) is 23.3. The van der Waals surface area contributed by atoms with E-state index in [1.54, 1.807) is 24.3 Å². The minimum atomic E-state index is -0.768. The highest BCUT2D eigenvalue weighted by molar-refractivity contribution is 6.51. The maximum absolute atomic E-state index is 13.6. The van der Waals surface area contributed by atoms with E-state index in [0.717, 1.165) is 22.3 Å². The van der Waals surface area contributed by atoms with Crippen LogP contribution in [0.1, 0.15) is 68.5 Å². The standard InChI is InChI=1S/C33H37NO4/c1-20(2)19-38-26-15-13-25(14-16-26)34-29(23-10-8-9-21(3)17-23)28(31(36)32(34)37)30(35)27-18-24(33(5,6)7)12-11-22(27)4/h8-18,20,29,35H,19H2,1-7H3/b30-28+. The first kappa shape index (κ1) is 27.2. The Morgan fingerprint density at radius 3 is 2.26 bits per heavy atom. The van der Waals surface area contributed by atoms with Gasteiger partial charge in [0.1, 0.15) is 11.5 Å². The first-order valence-electron chi connectivity index (χ1n) is 13.1. The van der Waals surface area contributed by atoms with Crippen molar-refractivity contribution in [1.82, 2.24) is 0 Å². The first-order chi connectivity index (χ1) is 17.9. The van der Waals surface area contributed by atoms with Gasteiger partial charge in [0.15, 0.2) is 0 Å². The van der Waals surface area contributed by atoms with Crippen LogP contribution in [0.25, 0.3) is 5.76 Å². The Hall–Kier alpha value is -3.86. The van der Waals surface area contributed by atoms with E-state index in [0.29, 0.717) is 29.5 Å². The second-order valence-electron chi connectivity index (χ2n) is 11.6. The average Bonchev–Trinajstić information content (AvgIpc) is 3.12. The number of ether oxygens (including phenoxy) is 1. The van der Waals surface area contributed by atoms with Crippen LogP contribution in [0, 0.1) is 19.8 Å². The molecule has 198 valence electrons. The Balaban J connectivity index is 1.88. The molecular formula is C33H37NO4. The largest absolute Gasteiger partial charge is 0.507 e. The van der Waals surface area contributed by atoms with Gasteiger partial charge in [-0.15, -0.1) is 0 Å². The van der Waals surface area contributed by atoms with E-state index < -0.39 is 17.7 Å². The fourth-order valence-electron chi connectivity index (χ4n) is 4.71. The van der Waals surface area contributed by atoms with Crippen LogP contribution >= 0.6 is 0 Å². The predicted octanol–water partition coefficient (Wildman–Crippen LogP) is 7.26. The summed E-state index contributed by atoms with van der Waals surface area (Å²) in [4.78, 5) is 28.6. The number of carbonyl (C=O) groups is 2. The molecule has 3 aromatic rings. The molecule has 1 atom stereocenters. The van der Waals surface area contributed by atoms with E-state index in [4.69, 9.17) is 4.74 Å². The molecule has 1 saturated heterocycles. The number of aliphatic hydroxyl groups is 1. The molecule has 1 heterocycles. The number of aliphatic hydroxyl groups excluding tert-OH is 1. The van der Waals surface area contributed by atoms with E-state index in [-0.39, 0.29) is 16.7 Å². The molecule has 0 aromatic heterocycles. The topological polar surface area (TPSA) is 66.8 Å². The van der Waals surface area contributed by atoms with Gasteiger partial charge in [-0.25, -0.2) is 0 Å². The van der Waals surface area contributed by atoms with Crippen LogP contribution in [0.4, 0.5) is 5.69 Å². The van der Waals surface area contributed by atoms with Gasteiger partial charge in [0.25, 0.3) is 11.7 Å². The van der Waals surface area contributed by atoms with Gasteiger partial charge in [-0.2, -0.15) is 0 Å². The fraction of sp³-hybridized carbons (Fsp3) is 0.333. The van der Waals surface area contributed by atoms with Gasteiger partial charge in [-0.05, 0) is 72.2 Å². The van der Waals surface area contributed by atoms with Crippen LogP contribution in [0.2, 0.25) is 0 Å². The van der Waals surface area contributed by atoms with Crippen molar-refractivity contribution in [1.29, 1.82) is 0 Å². The Morgan fingerprint density at radius 2 is 1.66 bits per heavy atom. The number of Topliss-reactive ketones (excluding diaryl/α,β-unsaturated/α-hetero) is 1. The summed E-state index contributed by atoms with van der Waals surface area (Å²) in [6, 6.07) is 20.0. The maximum atomic E-state index is 13.6. The summed E-state index contributed by atoms with van der Waals surface area (Å²) < 4.78 is 5.81. The molecule has 0 bridgehead atoms. The molecule has 3 aromatic carbocycles. The summed E-state index contributed by atoms with van der Waals surface area (Å²) in [6.45, 7) is 14.9. The summed E-state index contributed by atoms with van der Waals surface area (Å²) in [5.74, 6) is -0.444. The number of carbonyl (C=O) groups excluding carboxylic acids is 2. The smallest absolute Gasteiger partial charge is 0.300 e. The summed E-state index contributed by atoms with van der Waals surface area (Å²) in [5, 5.41) is 11.7. The van der Waals surface area contributed by atoms with E-state index in [9.17, 15) is 14.7 Å². The molecule has 0 radical (unpaired) electrons. The normalized spacial score (nSPS) is 17.4. The predicted molar refractivity (Wildman–Crippen MR) is 153 cm³/mol. The quantitative estimate of drug-likeness (QED) is 0.215. The summed E-state index contributed by atoms with van der Waals surface area (Å²) in [7, 11) is 0. The van der Waals surface area contributed by atoms with Gasteiger partial charge in [0.05, 0.1) is 18.2 Å². The van der Waals surface area contributed by atoms with Crippen LogP contribution in [0.5, 0.6) is 5.75 Å². The average molecular weight is 512 g/mol. The summed E-state index contributed by atoms with van der Waals surface area (Å²) >= 11 is 0. The van der Waals surface area contributed by atoms with Crippen molar-refractivity contribution >= 4 is 23.1 Å². The molecule has 1 unspecified atom stereocenters. The lowest BCUT2D eigenvalue weighted by atomic mass is 9.84. The van der Waals surface area contributed by atoms with Gasteiger partial charge >= 0.3 is 0 Å². The van der Waals surface area contributed by atoms with E-state index in [2.05, 4.69) is 34.6 Å². The van der Waals surface area contributed by atoms with Crippen LogP contribution in [-0.2, 0) is 15.0 Å². The molecule has 1 aliphatic heterocycles. The van der Waals surface area contributed by atoms with Crippen molar-refractivity contribution in [2.45, 2.75) is 59.9 Å². The Morgan fingerprint density at radius 1 is 0.974 bits per heavy atom. The number of benzene rings is 3. The molecule has 1 amide bonds. The van der Waals surface area contributed by atoms with Gasteiger partial charge in [0.2, 0.25) is 0 Å². The minimum Gasteiger partial charge on any atom is -0.507 e. The number of nitrogens with zero attached hydrogens (tertiary/aromatic N) is 1. The first-order valence-corrected chi connectivity index (χ1v) is 13.1. The van der Waals surface area contributed by atoms with Gasteiger partial charge in [-0.1, -0.05) is 76.6 Å². The highest BCUT2D eigenvalue weighted by Gasteiger charge is 2.47. The van der Waals surface area contributed by atoms with Crippen LogP contribution in [0.3, 0.4) is 0 Å². The van der Waals surface area contributed by atoms with Gasteiger partial charge in [-0.3, -0.25) is 14.5 Å². The molecule has 1 N–H and O–H groups in total. The Labute approximate surface area is 225 Å². The maximum Gasteiger partial charge on any atom is 0.300 e. The number of rotatable bonds is 6. The minimum absolute atomic E-state index is 0.0925. The zero-order valence-corrected chi connectivity index (χ0v) is 23.3. The number of aryl methyl sites for hydroxylation is 2. The third-order valence-electron chi connectivity index (χ3n) is 6.86. The molecule has 38 heavy (non-hydrogen) atoms. The number of anilines is 1. The number of amides is 1. The third kappa shape index (κ3) is 5.38. The van der Waals surface area contributed by atoms with Crippen molar-refractivity contribution in [3.05, 3.63) is 100 Å². The van der Waals surface area contributed by atoms with Crippen LogP contribution in [0.15, 0.2) is 72.3 Å². The van der Waals surface area contributed by atoms with Gasteiger partial charge < -0.3 is 9.84 Å². The second-order valence-corrected chi connectivity index (χ2v) is 11.6. The van der Waals surface area contributed by atoms with Crippen molar-refractivity contribution in [2.24, 2.45) is 5.92 Å². The molecule has 0 spiro atoms. The molecule has 1 aliphatic rings. The molecule has 5 heteroatoms. The molecule has 1 fully saturated rings. The highest BCUT2D eigenvalue weighted by Crippen LogP contribution is 2.43. The zero-order chi connectivity index (χ0) is 27.8. The van der Waals surface area contributed by atoms with Crippen molar-refractivity contribution in [2.75, 3.05) is 11.5 Å². The van der Waals surface area contributed by atoms with E-state index in [1.165, 1.54) is 4.90 Å². The number of hydrogen-bond donors (Lipinski definition) is 1. The third-order valence-corrected chi connectivity index (χ3v) is 6.86. The van der Waals surface area contributed by atoms with Crippen molar-refractivity contribution in [3.8, 4) is 5.75 Å². The van der Waals surface area contributed by atoms with Crippen molar-refractivity contribution < 1.29 is 19.4 Å². The molecule has 5 nitrogen and oxygen atoms in total. The highest BCUT2D eigenvalue weighted by atomic mass is 16.5. The Bertz CT molecular complexity index is 1390.